The highest BCUT2D eigenvalue weighted by atomic mass is 19.1. The zero-order valence-corrected chi connectivity index (χ0v) is 9.24. The van der Waals surface area contributed by atoms with Gasteiger partial charge in [0.05, 0.1) is 5.52 Å². The number of urea groups is 1. The second kappa shape index (κ2) is 3.80. The average Bonchev–Trinajstić information content (AvgIpc) is 2.72. The van der Waals surface area contributed by atoms with E-state index in [1.54, 1.807) is 6.07 Å². The van der Waals surface area contributed by atoms with E-state index in [0.717, 1.165) is 0 Å². The first-order chi connectivity index (χ1) is 8.65. The van der Waals surface area contributed by atoms with Crippen molar-refractivity contribution in [1.82, 2.24) is 15.5 Å². The highest BCUT2D eigenvalue weighted by molar-refractivity contribution is 6.08. The lowest BCUT2D eigenvalue weighted by atomic mass is 10.2. The van der Waals surface area contributed by atoms with Crippen molar-refractivity contribution in [3.63, 3.8) is 0 Å². The Morgan fingerprint density at radius 3 is 2.94 bits per heavy atom. The van der Waals surface area contributed by atoms with E-state index in [1.807, 2.05) is 0 Å². The van der Waals surface area contributed by atoms with Gasteiger partial charge in [0, 0.05) is 18.4 Å². The van der Waals surface area contributed by atoms with E-state index in [0.29, 0.717) is 16.7 Å². The predicted molar refractivity (Wildman–Crippen MR) is 61.6 cm³/mol. The molecule has 3 amide bonds. The van der Waals surface area contributed by atoms with Crippen LogP contribution < -0.4 is 10.2 Å². The molecule has 1 aromatic carbocycles. The number of halogens is 1. The van der Waals surface area contributed by atoms with Crippen molar-refractivity contribution >= 4 is 28.7 Å². The molecule has 0 radical (unpaired) electrons. The number of anilines is 1. The molecule has 0 aliphatic carbocycles. The standard InChI is InChI=1S/C11H9FN4O2/c12-6-1-2-8-7(5-6)10(15-14-8)16-4-3-9(17)13-11(16)18/h1-2,5H,3-4H2,(H,14,15)(H,13,17,18). The van der Waals surface area contributed by atoms with Crippen molar-refractivity contribution in [3.05, 3.63) is 24.0 Å². The van der Waals surface area contributed by atoms with E-state index in [-0.39, 0.29) is 18.9 Å². The number of fused-ring (bicyclic) bond motifs is 1. The fourth-order valence-electron chi connectivity index (χ4n) is 1.94. The maximum absolute atomic E-state index is 13.2. The number of hydrogen-bond acceptors (Lipinski definition) is 3. The summed E-state index contributed by atoms with van der Waals surface area (Å²) >= 11 is 0. The van der Waals surface area contributed by atoms with E-state index >= 15 is 0 Å². The molecular weight excluding hydrogens is 239 g/mol. The number of carbonyl (C=O) groups is 2. The van der Waals surface area contributed by atoms with E-state index in [9.17, 15) is 14.0 Å². The van der Waals surface area contributed by atoms with Gasteiger partial charge in [-0.3, -0.25) is 20.1 Å². The van der Waals surface area contributed by atoms with Crippen LogP contribution in [0.2, 0.25) is 0 Å². The molecule has 7 heteroatoms. The minimum Gasteiger partial charge on any atom is -0.278 e. The normalized spacial score (nSPS) is 16.2. The number of aromatic nitrogens is 2. The number of carbonyl (C=O) groups excluding carboxylic acids is 2. The smallest absolute Gasteiger partial charge is 0.278 e. The minimum absolute atomic E-state index is 0.204. The number of aromatic amines is 1. The van der Waals surface area contributed by atoms with Gasteiger partial charge in [-0.05, 0) is 18.2 Å². The van der Waals surface area contributed by atoms with Gasteiger partial charge in [0.1, 0.15) is 5.82 Å². The Bertz CT molecular complexity index is 652. The Balaban J connectivity index is 2.06. The number of nitrogens with zero attached hydrogens (tertiary/aromatic N) is 2. The fraction of sp³-hybridized carbons (Fsp3) is 0.182. The molecule has 2 N–H and O–H groups in total. The number of nitrogens with one attached hydrogen (secondary N) is 2. The van der Waals surface area contributed by atoms with Crippen molar-refractivity contribution in [2.45, 2.75) is 6.42 Å². The molecule has 1 aromatic heterocycles. The molecule has 0 bridgehead atoms. The monoisotopic (exact) mass is 248 g/mol. The number of benzene rings is 1. The molecule has 3 rings (SSSR count). The fourth-order valence-corrected chi connectivity index (χ4v) is 1.94. The van der Waals surface area contributed by atoms with Crippen LogP contribution in [0.3, 0.4) is 0 Å². The number of hydrogen-bond donors (Lipinski definition) is 2. The van der Waals surface area contributed by atoms with Crippen LogP contribution in [0, 0.1) is 5.82 Å². The van der Waals surface area contributed by atoms with Crippen molar-refractivity contribution in [3.8, 4) is 0 Å². The number of rotatable bonds is 1. The van der Waals surface area contributed by atoms with Gasteiger partial charge in [0.25, 0.3) is 0 Å². The van der Waals surface area contributed by atoms with Gasteiger partial charge in [0.15, 0.2) is 5.82 Å². The van der Waals surface area contributed by atoms with Gasteiger partial charge in [0.2, 0.25) is 5.91 Å². The van der Waals surface area contributed by atoms with Gasteiger partial charge in [-0.15, -0.1) is 0 Å². The largest absolute Gasteiger partial charge is 0.329 e. The lowest BCUT2D eigenvalue weighted by Crippen LogP contribution is -2.49. The first-order valence-corrected chi connectivity index (χ1v) is 5.40. The van der Waals surface area contributed by atoms with Crippen molar-refractivity contribution in [1.29, 1.82) is 0 Å². The molecule has 2 aromatic rings. The third-order valence-electron chi connectivity index (χ3n) is 2.81. The van der Waals surface area contributed by atoms with Crippen LogP contribution in [-0.2, 0) is 4.79 Å². The second-order valence-corrected chi connectivity index (χ2v) is 3.99. The quantitative estimate of drug-likeness (QED) is 0.794. The topological polar surface area (TPSA) is 78.1 Å². The second-order valence-electron chi connectivity index (χ2n) is 3.99. The molecular formula is C11H9FN4O2. The molecule has 0 atom stereocenters. The lowest BCUT2D eigenvalue weighted by molar-refractivity contribution is -0.120. The third-order valence-corrected chi connectivity index (χ3v) is 2.81. The molecule has 1 saturated heterocycles. The van der Waals surface area contributed by atoms with Crippen LogP contribution >= 0.6 is 0 Å². The minimum atomic E-state index is -0.538. The summed E-state index contributed by atoms with van der Waals surface area (Å²) in [6.07, 6.45) is 0.204. The average molecular weight is 248 g/mol. The molecule has 2 heterocycles. The summed E-state index contributed by atoms with van der Waals surface area (Å²) in [6, 6.07) is 3.62. The molecule has 6 nitrogen and oxygen atoms in total. The van der Waals surface area contributed by atoms with Gasteiger partial charge < -0.3 is 0 Å². The number of H-pyrrole nitrogens is 1. The zero-order chi connectivity index (χ0) is 12.7. The summed E-state index contributed by atoms with van der Waals surface area (Å²) in [7, 11) is 0. The number of amides is 3. The van der Waals surface area contributed by atoms with Gasteiger partial charge in [-0.25, -0.2) is 9.18 Å². The summed E-state index contributed by atoms with van der Waals surface area (Å²) in [5.74, 6) is -0.393. The summed E-state index contributed by atoms with van der Waals surface area (Å²) in [6.45, 7) is 0.237. The third kappa shape index (κ3) is 1.60. The lowest BCUT2D eigenvalue weighted by Gasteiger charge is -2.24. The molecule has 92 valence electrons. The first-order valence-electron chi connectivity index (χ1n) is 5.40. The van der Waals surface area contributed by atoms with Crippen LogP contribution in [0.4, 0.5) is 15.0 Å². The van der Waals surface area contributed by atoms with E-state index < -0.39 is 11.8 Å². The van der Waals surface area contributed by atoms with Crippen LogP contribution in [0.1, 0.15) is 6.42 Å². The van der Waals surface area contributed by atoms with Gasteiger partial charge in [-0.2, -0.15) is 5.10 Å². The Morgan fingerprint density at radius 2 is 2.17 bits per heavy atom. The Hall–Kier alpha value is -2.44. The highest BCUT2D eigenvalue weighted by Crippen LogP contribution is 2.25. The van der Waals surface area contributed by atoms with Crippen LogP contribution in [-0.4, -0.2) is 28.7 Å². The molecule has 1 aliphatic rings. The van der Waals surface area contributed by atoms with E-state index in [1.165, 1.54) is 17.0 Å². The Morgan fingerprint density at radius 1 is 1.33 bits per heavy atom. The summed E-state index contributed by atoms with van der Waals surface area (Å²) in [5, 5.41) is 9.43. The zero-order valence-electron chi connectivity index (χ0n) is 9.24. The SMILES string of the molecule is O=C1CCN(c2n[nH]c3ccc(F)cc23)C(=O)N1. The molecule has 18 heavy (non-hydrogen) atoms. The summed E-state index contributed by atoms with van der Waals surface area (Å²) < 4.78 is 13.2. The Labute approximate surface area is 101 Å². The van der Waals surface area contributed by atoms with Gasteiger partial charge in [-0.1, -0.05) is 0 Å². The molecule has 1 aliphatic heterocycles. The van der Waals surface area contributed by atoms with Crippen LogP contribution in [0.5, 0.6) is 0 Å². The maximum Gasteiger partial charge on any atom is 0.329 e. The van der Waals surface area contributed by atoms with Crippen molar-refractivity contribution in [2.75, 3.05) is 11.4 Å². The molecule has 0 saturated carbocycles. The van der Waals surface area contributed by atoms with Crippen LogP contribution in [0.25, 0.3) is 10.9 Å². The highest BCUT2D eigenvalue weighted by Gasteiger charge is 2.27. The Kier molecular flexibility index (Phi) is 2.26. The van der Waals surface area contributed by atoms with Crippen molar-refractivity contribution in [2.24, 2.45) is 0 Å². The predicted octanol–water partition coefficient (Wildman–Crippen LogP) is 1.15. The molecule has 0 unspecified atom stereocenters. The summed E-state index contributed by atoms with van der Waals surface area (Å²) in [5.41, 5.74) is 0.635. The van der Waals surface area contributed by atoms with Crippen LogP contribution in [0.15, 0.2) is 18.2 Å². The first kappa shape index (κ1) is 10.7. The van der Waals surface area contributed by atoms with Gasteiger partial charge >= 0.3 is 6.03 Å². The number of imide groups is 1. The summed E-state index contributed by atoms with van der Waals surface area (Å²) in [4.78, 5) is 24.1. The molecule has 0 spiro atoms. The van der Waals surface area contributed by atoms with Crippen molar-refractivity contribution < 1.29 is 14.0 Å². The molecule has 1 fully saturated rings. The van der Waals surface area contributed by atoms with E-state index in [2.05, 4.69) is 15.5 Å². The maximum atomic E-state index is 13.2. The van der Waals surface area contributed by atoms with E-state index in [4.69, 9.17) is 0 Å².